The second kappa shape index (κ2) is 35.9. The highest BCUT2D eigenvalue weighted by Gasteiger charge is 2.34. The fraction of sp³-hybridized carbons (Fsp3) is 0.327. The number of hydrogen-bond acceptors (Lipinski definition) is 29. The molecule has 0 atom stereocenters. The Morgan fingerprint density at radius 3 is 1.56 bits per heavy atom. The molecule has 1 fully saturated rings. The van der Waals surface area contributed by atoms with Crippen LogP contribution in [0.3, 0.4) is 0 Å². The summed E-state index contributed by atoms with van der Waals surface area (Å²) in [5, 5.41) is 4.11. The number of fused-ring (bicyclic) bond motifs is 2. The number of terminal acetylenes is 2. The maximum atomic E-state index is 11.4. The van der Waals surface area contributed by atoms with Gasteiger partial charge in [0, 0.05) is 16.9 Å². The molecule has 478 valence electrons. The van der Waals surface area contributed by atoms with Crippen LogP contribution in [0.1, 0.15) is 53.6 Å². The largest absolute Gasteiger partial charge is 0.355 e. The molecule has 0 spiro atoms. The Balaban J connectivity index is 0.000000493. The summed E-state index contributed by atoms with van der Waals surface area (Å²) in [4.78, 5) is 31.2. The van der Waals surface area contributed by atoms with Gasteiger partial charge < -0.3 is 8.37 Å². The standard InChI is InChI=1S/C9H14O3S.C8H10O3S.C7H4O4S.C7H6O3S.C4H2O3S.C4H8O3S.C4H6O3S.C3H2O4S.C3H2O3S/c1-2-8-12-13(10,11)9-6-4-3-5-7-9;1-12(9,10)11-7-8-5-3-2-4-6-8;8-7-5-3-1-2-4-6(5)12(9,10)11-7;8-11(9)7-4-2-1-3-6(7)5-10-11;5-4-1-2-8(6,7)3-4;2*1-3-4-7-8(2,5)6;4-3-1-2-8(5,6)7-3;4-7(5)3-1-2-6-7/h1,9H,3-8H2;2-6H,7H2,1H3;1-4H;1-4H,5H2;3H2;3H,1,4H2,2H3;1H,4H2,2H3;1-2H;2H2. The van der Waals surface area contributed by atoms with Crippen LogP contribution in [0.5, 0.6) is 0 Å². The van der Waals surface area contributed by atoms with Crippen molar-refractivity contribution >= 4 is 109 Å². The third kappa shape index (κ3) is 35.0. The fourth-order valence-corrected chi connectivity index (χ4v) is 12.0. The van der Waals surface area contributed by atoms with Crippen molar-refractivity contribution in [2.75, 3.05) is 50.9 Å². The molecule has 0 radical (unpaired) electrons. The Hall–Kier alpha value is -6.70. The van der Waals surface area contributed by atoms with Crippen molar-refractivity contribution in [1.29, 1.82) is 0 Å². The van der Waals surface area contributed by atoms with E-state index in [0.717, 1.165) is 60.6 Å². The van der Waals surface area contributed by atoms with Crippen LogP contribution in [-0.4, -0.2) is 150 Å². The van der Waals surface area contributed by atoms with Crippen LogP contribution in [0.2, 0.25) is 0 Å². The second-order valence-electron chi connectivity index (χ2n) is 16.4. The molecule has 5 aliphatic heterocycles. The van der Waals surface area contributed by atoms with Gasteiger partial charge in [-0.15, -0.1) is 19.4 Å². The first-order valence-electron chi connectivity index (χ1n) is 23.4. The molecule has 29 nitrogen and oxygen atoms in total. The van der Waals surface area contributed by atoms with Gasteiger partial charge in [-0.25, -0.2) is 22.2 Å². The third-order valence-corrected chi connectivity index (χ3v) is 18.0. The van der Waals surface area contributed by atoms with Crippen molar-refractivity contribution < 1.29 is 124 Å². The van der Waals surface area contributed by atoms with Crippen LogP contribution >= 0.6 is 0 Å². The molecule has 3 aromatic carbocycles. The topological polar surface area (TPSA) is 432 Å². The first-order valence-corrected chi connectivity index (χ1v) is 37.7. The van der Waals surface area contributed by atoms with E-state index in [9.17, 15) is 90.1 Å². The molecule has 3 aromatic rings. The molecule has 0 unspecified atom stereocenters. The van der Waals surface area contributed by atoms with E-state index in [1.165, 1.54) is 18.2 Å². The number of carbonyl (C=O) groups is 3. The van der Waals surface area contributed by atoms with Crippen LogP contribution in [0.15, 0.2) is 113 Å². The zero-order valence-electron chi connectivity index (χ0n) is 45.7. The third-order valence-electron chi connectivity index (χ3n) is 9.20. The number of hydrogen-bond donors (Lipinski definition) is 0. The summed E-state index contributed by atoms with van der Waals surface area (Å²) in [6.45, 7) is 3.31. The number of ketones is 1. The molecule has 1 saturated carbocycles. The minimum Gasteiger partial charge on any atom is -0.339 e. The smallest absolute Gasteiger partial charge is 0.339 e. The Labute approximate surface area is 506 Å². The average molecular weight is 1400 g/mol. The summed E-state index contributed by atoms with van der Waals surface area (Å²) in [6, 6.07) is 21.8. The minimum atomic E-state index is -3.80. The Bertz CT molecular complexity index is 4230. The van der Waals surface area contributed by atoms with E-state index in [4.69, 9.17) is 12.8 Å². The zero-order valence-corrected chi connectivity index (χ0v) is 53.0. The van der Waals surface area contributed by atoms with Crippen LogP contribution in [0, 0.1) is 47.0 Å². The summed E-state index contributed by atoms with van der Waals surface area (Å²) >= 11 is 0. The predicted molar refractivity (Wildman–Crippen MR) is 308 cm³/mol. The molecule has 0 saturated heterocycles. The van der Waals surface area contributed by atoms with Gasteiger partial charge in [0.15, 0.2) is 0 Å². The molecular weight excluding hydrogens is 1340 g/mol. The van der Waals surface area contributed by atoms with Gasteiger partial charge in [0.05, 0.1) is 65.0 Å². The van der Waals surface area contributed by atoms with Crippen LogP contribution < -0.4 is 0 Å². The van der Waals surface area contributed by atoms with Crippen molar-refractivity contribution in [3.8, 4) is 47.0 Å². The van der Waals surface area contributed by atoms with E-state index in [0.29, 0.717) is 17.7 Å². The van der Waals surface area contributed by atoms with Gasteiger partial charge in [-0.2, -0.15) is 67.3 Å². The highest BCUT2D eigenvalue weighted by atomic mass is 32.3. The van der Waals surface area contributed by atoms with Crippen molar-refractivity contribution in [2.45, 2.75) is 60.4 Å². The quantitative estimate of drug-likeness (QED) is 0.113. The molecule has 87 heavy (non-hydrogen) atoms. The molecule has 0 amide bonds. The molecule has 9 rings (SSSR count). The molecule has 0 aromatic heterocycles. The summed E-state index contributed by atoms with van der Waals surface area (Å²) in [5.41, 5.74) is 1.70. The minimum absolute atomic E-state index is 0.0162. The Morgan fingerprint density at radius 2 is 1.18 bits per heavy atom. The number of carbonyl (C=O) groups excluding carboxylic acids is 3. The molecule has 0 bridgehead atoms. The van der Waals surface area contributed by atoms with Gasteiger partial charge in [0.1, 0.15) is 30.5 Å². The zero-order chi connectivity index (χ0) is 66.4. The number of rotatable bonds is 11. The SMILES string of the molecule is C#CCOS(=O)(=O)C1CCCCC1.C#CCOS(C)(=O)=O.C=CCOS(C)(=O)=O.CS(=O)(=O)OCc1ccccc1.O=C1C#CS(=O)(=O)C1.O=C1C=CS(=O)(=O)O1.O=C1OS(=O)(=O)c2ccccc21.O=S1(=O)C#CCO1.O=S1(=O)OCc2ccccc21. The first-order chi connectivity index (χ1) is 40.1. The van der Waals surface area contributed by atoms with Crippen molar-refractivity contribution in [3.63, 3.8) is 0 Å². The lowest BCUT2D eigenvalue weighted by molar-refractivity contribution is -0.127. The lowest BCUT2D eigenvalue weighted by Crippen LogP contribution is -2.26. The number of benzene rings is 3. The van der Waals surface area contributed by atoms with Gasteiger partial charge in [0.2, 0.25) is 15.6 Å². The van der Waals surface area contributed by atoms with Gasteiger partial charge in [-0.3, -0.25) is 25.7 Å². The van der Waals surface area contributed by atoms with Crippen LogP contribution in [-0.2, 0) is 147 Å². The lowest BCUT2D eigenvalue weighted by atomic mass is 10.0. The van der Waals surface area contributed by atoms with Gasteiger partial charge in [-0.05, 0) is 42.5 Å². The van der Waals surface area contributed by atoms with Crippen molar-refractivity contribution in [1.82, 2.24) is 0 Å². The summed E-state index contributed by atoms with van der Waals surface area (Å²) in [6.07, 6.45) is 19.3. The monoisotopic (exact) mass is 1390 g/mol. The first kappa shape index (κ1) is 78.3. The predicted octanol–water partition coefficient (Wildman–Crippen LogP) is 1.30. The van der Waals surface area contributed by atoms with Gasteiger partial charge in [-0.1, -0.05) is 104 Å². The van der Waals surface area contributed by atoms with E-state index >= 15 is 0 Å². The summed E-state index contributed by atoms with van der Waals surface area (Å²) in [5.74, 6) is 5.78. The van der Waals surface area contributed by atoms with E-state index in [-0.39, 0.29) is 55.4 Å². The van der Waals surface area contributed by atoms with Crippen molar-refractivity contribution in [3.05, 3.63) is 120 Å². The number of Topliss-reactive ketones (excluding diaryl/α,β-unsaturated/α-hetero) is 1. The van der Waals surface area contributed by atoms with Crippen molar-refractivity contribution in [2.24, 2.45) is 0 Å². The Morgan fingerprint density at radius 1 is 0.644 bits per heavy atom. The van der Waals surface area contributed by atoms with E-state index < -0.39 is 114 Å². The maximum Gasteiger partial charge on any atom is 0.355 e. The highest BCUT2D eigenvalue weighted by molar-refractivity contribution is 7.97. The maximum absolute atomic E-state index is 11.4. The molecule has 0 N–H and O–H groups in total. The molecule has 6 aliphatic rings. The van der Waals surface area contributed by atoms with E-state index in [2.05, 4.69) is 51.9 Å². The van der Waals surface area contributed by atoms with Crippen LogP contribution in [0.25, 0.3) is 0 Å². The summed E-state index contributed by atoms with van der Waals surface area (Å²) < 4.78 is 223. The molecule has 38 heteroatoms. The molecule has 1 aliphatic carbocycles. The van der Waals surface area contributed by atoms with Crippen LogP contribution in [0.4, 0.5) is 0 Å². The fourth-order valence-electron chi connectivity index (χ4n) is 5.69. The van der Waals surface area contributed by atoms with Gasteiger partial charge in [0.25, 0.3) is 50.6 Å². The molecule has 5 heterocycles. The molecular formula is C49H54O29S9. The summed E-state index contributed by atoms with van der Waals surface area (Å²) in [7, 11) is -30.8. The second-order valence-corrected chi connectivity index (χ2v) is 30.8. The van der Waals surface area contributed by atoms with E-state index in [1.54, 1.807) is 36.4 Å². The lowest BCUT2D eigenvalue weighted by Gasteiger charge is -2.20. The number of sulfone groups is 1. The van der Waals surface area contributed by atoms with E-state index in [1.807, 2.05) is 52.7 Å². The average Bonchev–Trinajstić information content (AvgIpc) is 3.36. The Kier molecular flexibility index (Phi) is 32.4. The normalized spacial score (nSPS) is 17.6. The van der Waals surface area contributed by atoms with Gasteiger partial charge >= 0.3 is 42.3 Å². The highest BCUT2D eigenvalue weighted by Crippen LogP contribution is 2.27.